The second-order valence-corrected chi connectivity index (χ2v) is 5.15. The van der Waals surface area contributed by atoms with Gasteiger partial charge >= 0.3 is 0 Å². The van der Waals surface area contributed by atoms with Gasteiger partial charge in [-0.25, -0.2) is 4.98 Å². The van der Waals surface area contributed by atoms with Crippen LogP contribution in [0.2, 0.25) is 0 Å². The van der Waals surface area contributed by atoms with Gasteiger partial charge in [-0.15, -0.1) is 11.3 Å². The Hall–Kier alpha value is -1.19. The van der Waals surface area contributed by atoms with Crippen LogP contribution in [-0.4, -0.2) is 11.5 Å². The Morgan fingerprint density at radius 1 is 1.41 bits per heavy atom. The lowest BCUT2D eigenvalue weighted by Crippen LogP contribution is -2.11. The lowest BCUT2D eigenvalue weighted by molar-refractivity contribution is 0.659. The van der Waals surface area contributed by atoms with E-state index in [9.17, 15) is 0 Å². The third kappa shape index (κ3) is 2.73. The van der Waals surface area contributed by atoms with Crippen LogP contribution < -0.4 is 5.73 Å². The first-order valence-corrected chi connectivity index (χ1v) is 6.85. The summed E-state index contributed by atoms with van der Waals surface area (Å²) < 4.78 is 0. The molecule has 2 N–H and O–H groups in total. The smallest absolute Gasteiger partial charge is 0.123 e. The number of nitrogens with zero attached hydrogens (tertiary/aromatic N) is 1. The summed E-state index contributed by atoms with van der Waals surface area (Å²) in [7, 11) is 0. The van der Waals surface area contributed by atoms with Crippen LogP contribution in [0, 0.1) is 6.92 Å². The first kappa shape index (κ1) is 12.3. The minimum Gasteiger partial charge on any atom is -0.330 e. The molecule has 0 aliphatic carbocycles. The van der Waals surface area contributed by atoms with Crippen LogP contribution in [0.1, 0.15) is 30.5 Å². The average molecular weight is 246 g/mol. The number of benzene rings is 1. The highest BCUT2D eigenvalue weighted by atomic mass is 32.1. The van der Waals surface area contributed by atoms with Crippen molar-refractivity contribution in [3.05, 3.63) is 40.9 Å². The number of hydrogen-bond donors (Lipinski definition) is 1. The molecule has 0 aliphatic heterocycles. The van der Waals surface area contributed by atoms with E-state index in [-0.39, 0.29) is 0 Å². The Morgan fingerprint density at radius 3 is 2.88 bits per heavy atom. The molecule has 0 saturated heterocycles. The fourth-order valence-electron chi connectivity index (χ4n) is 1.88. The van der Waals surface area contributed by atoms with Crippen LogP contribution in [0.4, 0.5) is 0 Å². The van der Waals surface area contributed by atoms with Crippen LogP contribution in [-0.2, 0) is 0 Å². The Kier molecular flexibility index (Phi) is 3.92. The molecule has 90 valence electrons. The van der Waals surface area contributed by atoms with Crippen molar-refractivity contribution in [1.82, 2.24) is 4.98 Å². The third-order valence-electron chi connectivity index (χ3n) is 2.98. The topological polar surface area (TPSA) is 38.9 Å². The Morgan fingerprint density at radius 2 is 2.24 bits per heavy atom. The zero-order valence-electron chi connectivity index (χ0n) is 10.3. The molecule has 0 fully saturated rings. The van der Waals surface area contributed by atoms with E-state index < -0.39 is 0 Å². The largest absolute Gasteiger partial charge is 0.330 e. The maximum atomic E-state index is 5.75. The summed E-state index contributed by atoms with van der Waals surface area (Å²) in [4.78, 5) is 4.70. The van der Waals surface area contributed by atoms with Gasteiger partial charge in [0.25, 0.3) is 0 Å². The van der Waals surface area contributed by atoms with Crippen molar-refractivity contribution in [3.63, 3.8) is 0 Å². The molecule has 1 aromatic heterocycles. The molecular formula is C14H18N2S. The summed E-state index contributed by atoms with van der Waals surface area (Å²) in [5.74, 6) is 0.393. The van der Waals surface area contributed by atoms with Crippen molar-refractivity contribution in [1.29, 1.82) is 0 Å². The van der Waals surface area contributed by atoms with Gasteiger partial charge in [-0.3, -0.25) is 0 Å². The molecule has 1 aromatic carbocycles. The molecule has 0 amide bonds. The van der Waals surface area contributed by atoms with Gasteiger partial charge in [0.05, 0.1) is 5.69 Å². The van der Waals surface area contributed by atoms with Crippen LogP contribution in [0.25, 0.3) is 10.6 Å². The number of thiazole rings is 1. The van der Waals surface area contributed by atoms with Crippen molar-refractivity contribution in [2.24, 2.45) is 5.73 Å². The number of nitrogens with two attached hydrogens (primary N) is 1. The monoisotopic (exact) mass is 246 g/mol. The second kappa shape index (κ2) is 5.43. The van der Waals surface area contributed by atoms with Crippen LogP contribution in [0.3, 0.4) is 0 Å². The molecule has 17 heavy (non-hydrogen) atoms. The van der Waals surface area contributed by atoms with E-state index in [1.807, 2.05) is 0 Å². The summed E-state index contributed by atoms with van der Waals surface area (Å²) >= 11 is 1.70. The van der Waals surface area contributed by atoms with E-state index in [1.54, 1.807) is 11.3 Å². The number of aromatic nitrogens is 1. The van der Waals surface area contributed by atoms with Crippen LogP contribution in [0.5, 0.6) is 0 Å². The predicted octanol–water partition coefficient (Wildman–Crippen LogP) is 3.57. The van der Waals surface area contributed by atoms with Crippen molar-refractivity contribution in [2.75, 3.05) is 6.54 Å². The van der Waals surface area contributed by atoms with Crippen molar-refractivity contribution in [2.45, 2.75) is 26.2 Å². The summed E-state index contributed by atoms with van der Waals surface area (Å²) in [6, 6.07) is 8.46. The third-order valence-corrected chi connectivity index (χ3v) is 3.89. The van der Waals surface area contributed by atoms with Gasteiger partial charge in [0.15, 0.2) is 0 Å². The first-order chi connectivity index (χ1) is 8.24. The maximum Gasteiger partial charge on any atom is 0.123 e. The molecule has 2 aromatic rings. The van der Waals surface area contributed by atoms with Gasteiger partial charge in [0.1, 0.15) is 5.01 Å². The fraction of sp³-hybridized carbons (Fsp3) is 0.357. The number of aryl methyl sites for hydroxylation is 1. The highest BCUT2D eigenvalue weighted by Gasteiger charge is 2.12. The maximum absolute atomic E-state index is 5.75. The van der Waals surface area contributed by atoms with E-state index in [4.69, 9.17) is 10.7 Å². The van der Waals surface area contributed by atoms with Gasteiger partial charge in [-0.2, -0.15) is 0 Å². The van der Waals surface area contributed by atoms with Crippen molar-refractivity contribution < 1.29 is 0 Å². The van der Waals surface area contributed by atoms with E-state index >= 15 is 0 Å². The summed E-state index contributed by atoms with van der Waals surface area (Å²) in [5, 5.41) is 3.23. The van der Waals surface area contributed by atoms with E-state index in [0.29, 0.717) is 12.5 Å². The molecule has 1 heterocycles. The molecule has 1 atom stereocenters. The van der Waals surface area contributed by atoms with Gasteiger partial charge in [-0.1, -0.05) is 30.7 Å². The Labute approximate surface area is 107 Å². The minimum atomic E-state index is 0.393. The van der Waals surface area contributed by atoms with Crippen LogP contribution >= 0.6 is 11.3 Å². The normalized spacial score (nSPS) is 12.6. The summed E-state index contributed by atoms with van der Waals surface area (Å²) in [6.07, 6.45) is 1.05. The zero-order chi connectivity index (χ0) is 12.3. The first-order valence-electron chi connectivity index (χ1n) is 5.97. The van der Waals surface area contributed by atoms with Crippen molar-refractivity contribution in [3.8, 4) is 10.6 Å². The van der Waals surface area contributed by atoms with Gasteiger partial charge in [-0.05, 0) is 19.4 Å². The zero-order valence-corrected chi connectivity index (χ0v) is 11.1. The van der Waals surface area contributed by atoms with Crippen LogP contribution in [0.15, 0.2) is 29.6 Å². The Bertz CT molecular complexity index is 486. The fourth-order valence-corrected chi connectivity index (χ4v) is 2.78. The molecule has 3 heteroatoms. The minimum absolute atomic E-state index is 0.393. The quantitative estimate of drug-likeness (QED) is 0.895. The molecule has 0 spiro atoms. The van der Waals surface area contributed by atoms with Gasteiger partial charge in [0.2, 0.25) is 0 Å². The van der Waals surface area contributed by atoms with E-state index in [2.05, 4.69) is 43.5 Å². The summed E-state index contributed by atoms with van der Waals surface area (Å²) in [6.45, 7) is 4.93. The standard InChI is InChI=1S/C14H18N2S/c1-3-11(8-15)13-9-17-14(16-13)12-6-4-5-10(2)7-12/h4-7,9,11H,3,8,15H2,1-2H3. The molecule has 2 nitrogen and oxygen atoms in total. The number of hydrogen-bond acceptors (Lipinski definition) is 3. The van der Waals surface area contributed by atoms with E-state index in [1.165, 1.54) is 11.1 Å². The average Bonchev–Trinajstić information content (AvgIpc) is 2.80. The molecule has 0 radical (unpaired) electrons. The highest BCUT2D eigenvalue weighted by molar-refractivity contribution is 7.13. The molecule has 2 rings (SSSR count). The molecule has 0 bridgehead atoms. The lowest BCUT2D eigenvalue weighted by Gasteiger charge is -2.07. The molecule has 1 unspecified atom stereocenters. The number of rotatable bonds is 4. The summed E-state index contributed by atoms with van der Waals surface area (Å²) in [5.41, 5.74) is 9.36. The molecular weight excluding hydrogens is 228 g/mol. The lowest BCUT2D eigenvalue weighted by atomic mass is 10.0. The van der Waals surface area contributed by atoms with Crippen molar-refractivity contribution >= 4 is 11.3 Å². The van der Waals surface area contributed by atoms with E-state index in [0.717, 1.165) is 17.1 Å². The molecule has 0 saturated carbocycles. The predicted molar refractivity (Wildman–Crippen MR) is 74.4 cm³/mol. The SMILES string of the molecule is CCC(CN)c1csc(-c2cccc(C)c2)n1. The Balaban J connectivity index is 2.29. The highest BCUT2D eigenvalue weighted by Crippen LogP contribution is 2.28. The van der Waals surface area contributed by atoms with Gasteiger partial charge in [0, 0.05) is 23.4 Å². The second-order valence-electron chi connectivity index (χ2n) is 4.29. The van der Waals surface area contributed by atoms with Gasteiger partial charge < -0.3 is 5.73 Å². The molecule has 0 aliphatic rings.